The zero-order valence-corrected chi connectivity index (χ0v) is 28.3. The molecule has 0 unspecified atom stereocenters. The van der Waals surface area contributed by atoms with Gasteiger partial charge >= 0.3 is 0 Å². The lowest BCUT2D eigenvalue weighted by molar-refractivity contribution is 1.08. The van der Waals surface area contributed by atoms with Crippen LogP contribution < -0.4 is 0 Å². The van der Waals surface area contributed by atoms with E-state index in [9.17, 15) is 0 Å². The van der Waals surface area contributed by atoms with E-state index in [1.54, 1.807) is 0 Å². The molecule has 8 aromatic carbocycles. The lowest BCUT2D eigenvalue weighted by atomic mass is 9.94. The Morgan fingerprint density at radius 2 is 0.863 bits per heavy atom. The van der Waals surface area contributed by atoms with Gasteiger partial charge in [-0.05, 0) is 62.7 Å². The van der Waals surface area contributed by atoms with Gasteiger partial charge in [-0.15, -0.1) is 11.3 Å². The Hall–Kier alpha value is -6.49. The van der Waals surface area contributed by atoms with E-state index in [0.717, 1.165) is 33.2 Å². The van der Waals surface area contributed by atoms with Crippen LogP contribution in [0, 0.1) is 0 Å². The molecule has 2 heterocycles. The lowest BCUT2D eigenvalue weighted by Crippen LogP contribution is -2.00. The second-order valence-corrected chi connectivity index (χ2v) is 13.9. The first kappa shape index (κ1) is 29.4. The fourth-order valence-corrected chi connectivity index (χ4v) is 8.33. The van der Waals surface area contributed by atoms with E-state index < -0.39 is 0 Å². The summed E-state index contributed by atoms with van der Waals surface area (Å²) in [6.45, 7) is 0. The first-order chi connectivity index (χ1) is 25.2. The Kier molecular flexibility index (Phi) is 7.00. The molecule has 0 saturated carbocycles. The summed E-state index contributed by atoms with van der Waals surface area (Å²) in [6.07, 6.45) is 0. The zero-order chi connectivity index (χ0) is 33.7. The molecular formula is C47H29N3S. The van der Waals surface area contributed by atoms with Crippen molar-refractivity contribution in [3.63, 3.8) is 0 Å². The maximum atomic E-state index is 5.25. The summed E-state index contributed by atoms with van der Waals surface area (Å²) >= 11 is 1.84. The van der Waals surface area contributed by atoms with Crippen LogP contribution in [0.4, 0.5) is 0 Å². The van der Waals surface area contributed by atoms with Crippen molar-refractivity contribution in [1.29, 1.82) is 0 Å². The molecule has 0 bridgehead atoms. The summed E-state index contributed by atoms with van der Waals surface area (Å²) in [5.74, 6) is 1.95. The SMILES string of the molecule is c1ccc(-c2ccc(-c3nc(-c4ccccc4)nc(-c4cc5c6ccccc6sc5c5ccc(-c6ccc7ccccc7c6)cc45)n3)cc2)cc1. The van der Waals surface area contributed by atoms with Crippen LogP contribution in [0.1, 0.15) is 0 Å². The third-order valence-electron chi connectivity index (χ3n) is 9.72. The van der Waals surface area contributed by atoms with Crippen molar-refractivity contribution in [3.8, 4) is 56.4 Å². The molecule has 4 heteroatoms. The Balaban J connectivity index is 1.22. The molecule has 2 aromatic heterocycles. The van der Waals surface area contributed by atoms with Crippen LogP contribution in [0.5, 0.6) is 0 Å². The first-order valence-electron chi connectivity index (χ1n) is 17.1. The standard InChI is InChI=1S/C47H29N3S/c1-3-11-30(12-4-1)32-19-22-34(23-20-32)46-48-45(33-14-5-2-6-15-33)49-47(50-46)42-29-41-38-17-9-10-18-43(38)51-44(41)39-26-25-37(28-40(39)42)36-24-21-31-13-7-8-16-35(31)27-36/h1-29H. The van der Waals surface area contributed by atoms with E-state index in [1.165, 1.54) is 47.5 Å². The van der Waals surface area contributed by atoms with Crippen LogP contribution in [-0.2, 0) is 0 Å². The molecule has 0 atom stereocenters. The zero-order valence-electron chi connectivity index (χ0n) is 27.5. The molecule has 0 spiro atoms. The van der Waals surface area contributed by atoms with E-state index >= 15 is 0 Å². The van der Waals surface area contributed by atoms with E-state index in [-0.39, 0.29) is 0 Å². The Morgan fingerprint density at radius 1 is 0.314 bits per heavy atom. The number of hydrogen-bond acceptors (Lipinski definition) is 4. The van der Waals surface area contributed by atoms with Gasteiger partial charge in [-0.25, -0.2) is 15.0 Å². The predicted octanol–water partition coefficient (Wildman–Crippen LogP) is 12.9. The Morgan fingerprint density at radius 3 is 1.65 bits per heavy atom. The maximum Gasteiger partial charge on any atom is 0.164 e. The number of aromatic nitrogens is 3. The third-order valence-corrected chi connectivity index (χ3v) is 10.9. The van der Waals surface area contributed by atoms with Crippen molar-refractivity contribution >= 4 is 53.1 Å². The van der Waals surface area contributed by atoms with Crippen molar-refractivity contribution in [1.82, 2.24) is 15.0 Å². The summed E-state index contributed by atoms with van der Waals surface area (Å²) in [5, 5.41) is 7.24. The topological polar surface area (TPSA) is 38.7 Å². The van der Waals surface area contributed by atoms with Crippen LogP contribution in [-0.4, -0.2) is 15.0 Å². The first-order valence-corrected chi connectivity index (χ1v) is 17.9. The number of thiophene rings is 1. The van der Waals surface area contributed by atoms with Gasteiger partial charge in [-0.2, -0.15) is 0 Å². The maximum absolute atomic E-state index is 5.25. The van der Waals surface area contributed by atoms with Gasteiger partial charge in [0.25, 0.3) is 0 Å². The number of rotatable bonds is 5. The molecule has 0 N–H and O–H groups in total. The number of hydrogen-bond donors (Lipinski definition) is 0. The van der Waals surface area contributed by atoms with Crippen molar-refractivity contribution in [2.75, 3.05) is 0 Å². The van der Waals surface area contributed by atoms with E-state index in [0.29, 0.717) is 17.5 Å². The van der Waals surface area contributed by atoms with E-state index in [4.69, 9.17) is 15.0 Å². The molecule has 0 aliphatic carbocycles. The third kappa shape index (κ3) is 5.25. The number of benzene rings is 8. The van der Waals surface area contributed by atoms with E-state index in [1.807, 2.05) is 35.6 Å². The van der Waals surface area contributed by atoms with Crippen molar-refractivity contribution < 1.29 is 0 Å². The van der Waals surface area contributed by atoms with Crippen LogP contribution in [0.15, 0.2) is 176 Å². The summed E-state index contributed by atoms with van der Waals surface area (Å²) in [6, 6.07) is 62.2. The smallest absolute Gasteiger partial charge is 0.164 e. The molecule has 0 saturated heterocycles. The number of fused-ring (bicyclic) bond motifs is 6. The minimum atomic E-state index is 0.646. The molecule has 10 rings (SSSR count). The largest absolute Gasteiger partial charge is 0.208 e. The highest BCUT2D eigenvalue weighted by Gasteiger charge is 2.19. The Labute approximate surface area is 299 Å². The lowest BCUT2D eigenvalue weighted by Gasteiger charge is -2.13. The average Bonchev–Trinajstić information content (AvgIpc) is 3.59. The molecule has 0 fully saturated rings. The number of nitrogens with zero attached hydrogens (tertiary/aromatic N) is 3. The molecule has 238 valence electrons. The minimum Gasteiger partial charge on any atom is -0.208 e. The summed E-state index contributed by atoms with van der Waals surface area (Å²) in [4.78, 5) is 15.5. The summed E-state index contributed by atoms with van der Waals surface area (Å²) in [5.41, 5.74) is 7.55. The molecule has 51 heavy (non-hydrogen) atoms. The van der Waals surface area contributed by atoms with Gasteiger partial charge in [0.05, 0.1) is 0 Å². The highest BCUT2D eigenvalue weighted by molar-refractivity contribution is 7.26. The highest BCUT2D eigenvalue weighted by atomic mass is 32.1. The second kappa shape index (κ2) is 12.1. The normalized spacial score (nSPS) is 11.5. The summed E-state index contributed by atoms with van der Waals surface area (Å²) < 4.78 is 2.54. The minimum absolute atomic E-state index is 0.646. The molecule has 10 aromatic rings. The highest BCUT2D eigenvalue weighted by Crippen LogP contribution is 2.43. The van der Waals surface area contributed by atoms with Crippen molar-refractivity contribution in [3.05, 3.63) is 176 Å². The van der Waals surface area contributed by atoms with Gasteiger partial charge in [-0.1, -0.05) is 152 Å². The van der Waals surface area contributed by atoms with Crippen LogP contribution in [0.2, 0.25) is 0 Å². The van der Waals surface area contributed by atoms with Crippen LogP contribution >= 0.6 is 11.3 Å². The van der Waals surface area contributed by atoms with Crippen molar-refractivity contribution in [2.45, 2.75) is 0 Å². The molecular weight excluding hydrogens is 639 g/mol. The van der Waals surface area contributed by atoms with Gasteiger partial charge in [0.2, 0.25) is 0 Å². The van der Waals surface area contributed by atoms with Gasteiger partial charge in [-0.3, -0.25) is 0 Å². The monoisotopic (exact) mass is 667 g/mol. The fraction of sp³-hybridized carbons (Fsp3) is 0. The van der Waals surface area contributed by atoms with Crippen molar-refractivity contribution in [2.24, 2.45) is 0 Å². The fourth-order valence-electron chi connectivity index (χ4n) is 7.11. The van der Waals surface area contributed by atoms with Gasteiger partial charge in [0.15, 0.2) is 17.5 Å². The molecule has 0 aliphatic rings. The average molecular weight is 668 g/mol. The van der Waals surface area contributed by atoms with Gasteiger partial charge < -0.3 is 0 Å². The van der Waals surface area contributed by atoms with Crippen LogP contribution in [0.3, 0.4) is 0 Å². The quantitative estimate of drug-likeness (QED) is 0.183. The molecule has 0 amide bonds. The molecule has 0 radical (unpaired) electrons. The molecule has 0 aliphatic heterocycles. The predicted molar refractivity (Wildman–Crippen MR) is 215 cm³/mol. The molecule has 3 nitrogen and oxygen atoms in total. The van der Waals surface area contributed by atoms with Crippen LogP contribution in [0.25, 0.3) is 98.1 Å². The van der Waals surface area contributed by atoms with Gasteiger partial charge in [0.1, 0.15) is 0 Å². The van der Waals surface area contributed by atoms with Gasteiger partial charge in [0, 0.05) is 42.2 Å². The second-order valence-electron chi connectivity index (χ2n) is 12.8. The van der Waals surface area contributed by atoms with E-state index in [2.05, 4.69) is 152 Å². The Bertz CT molecular complexity index is 2900. The summed E-state index contributed by atoms with van der Waals surface area (Å²) in [7, 11) is 0.